The normalized spacial score (nSPS) is 17.9. The summed E-state index contributed by atoms with van der Waals surface area (Å²) >= 11 is 1.84. The Balaban J connectivity index is 1.10. The second kappa shape index (κ2) is 11.3. The third kappa shape index (κ3) is 5.88. The minimum absolute atomic E-state index is 0.0931. The van der Waals surface area contributed by atoms with Crippen LogP contribution in [0.4, 0.5) is 10.1 Å². The van der Waals surface area contributed by atoms with Crippen molar-refractivity contribution in [1.29, 1.82) is 0 Å². The first-order valence-electron chi connectivity index (χ1n) is 12.5. The number of fused-ring (bicyclic) bond motifs is 2. The maximum atomic E-state index is 13.2. The van der Waals surface area contributed by atoms with Crippen LogP contribution in [0.3, 0.4) is 0 Å². The summed E-state index contributed by atoms with van der Waals surface area (Å²) < 4.78 is 13.2. The van der Waals surface area contributed by atoms with E-state index in [0.29, 0.717) is 6.42 Å². The zero-order valence-corrected chi connectivity index (χ0v) is 20.8. The highest BCUT2D eigenvalue weighted by atomic mass is 32.2. The summed E-state index contributed by atoms with van der Waals surface area (Å²) in [5.41, 5.74) is 4.77. The molecule has 1 N–H and O–H groups in total. The van der Waals surface area contributed by atoms with Crippen molar-refractivity contribution in [2.24, 2.45) is 0 Å². The summed E-state index contributed by atoms with van der Waals surface area (Å²) in [6, 6.07) is 23.5. The Morgan fingerprint density at radius 2 is 1.60 bits per heavy atom. The molecule has 1 unspecified atom stereocenters. The molecule has 0 aliphatic carbocycles. The van der Waals surface area contributed by atoms with Gasteiger partial charge in [0.05, 0.1) is 6.04 Å². The fourth-order valence-corrected chi connectivity index (χ4v) is 6.11. The van der Waals surface area contributed by atoms with Crippen molar-refractivity contribution in [3.63, 3.8) is 0 Å². The predicted octanol–water partition coefficient (Wildman–Crippen LogP) is 5.63. The van der Waals surface area contributed by atoms with E-state index in [1.165, 1.54) is 33.7 Å². The summed E-state index contributed by atoms with van der Waals surface area (Å²) in [4.78, 5) is 19.0. The Labute approximate surface area is 211 Å². The van der Waals surface area contributed by atoms with Gasteiger partial charge in [0.2, 0.25) is 5.91 Å². The van der Waals surface area contributed by atoms with Gasteiger partial charge >= 0.3 is 0 Å². The molecule has 1 fully saturated rings. The number of nitrogens with one attached hydrogen (secondary N) is 1. The molecule has 35 heavy (non-hydrogen) atoms. The number of hydrogen-bond donors (Lipinski definition) is 1. The van der Waals surface area contributed by atoms with E-state index in [1.807, 2.05) is 23.9 Å². The van der Waals surface area contributed by atoms with Crippen LogP contribution >= 0.6 is 11.8 Å². The monoisotopic (exact) mass is 489 g/mol. The Morgan fingerprint density at radius 3 is 2.40 bits per heavy atom. The molecule has 0 spiro atoms. The quantitative estimate of drug-likeness (QED) is 0.437. The third-order valence-corrected chi connectivity index (χ3v) is 8.11. The molecule has 0 radical (unpaired) electrons. The number of halogens is 1. The maximum Gasteiger partial charge on any atom is 0.220 e. The summed E-state index contributed by atoms with van der Waals surface area (Å²) in [6.07, 6.45) is 2.44. The maximum absolute atomic E-state index is 13.2. The summed E-state index contributed by atoms with van der Waals surface area (Å²) in [6.45, 7) is 4.90. The minimum Gasteiger partial charge on any atom is -0.369 e. The van der Waals surface area contributed by atoms with E-state index < -0.39 is 0 Å². The Hall–Kier alpha value is -2.83. The number of benzene rings is 3. The van der Waals surface area contributed by atoms with Crippen LogP contribution in [0.5, 0.6) is 0 Å². The van der Waals surface area contributed by atoms with Gasteiger partial charge in [-0.3, -0.25) is 9.69 Å². The molecular formula is C29H32FN3OS. The molecular weight excluding hydrogens is 457 g/mol. The van der Waals surface area contributed by atoms with Gasteiger partial charge in [0.1, 0.15) is 5.82 Å². The minimum atomic E-state index is -0.192. The Bertz CT molecular complexity index is 1100. The van der Waals surface area contributed by atoms with Gasteiger partial charge in [-0.25, -0.2) is 4.39 Å². The summed E-state index contributed by atoms with van der Waals surface area (Å²) in [7, 11) is 0. The van der Waals surface area contributed by atoms with Crippen LogP contribution < -0.4 is 10.2 Å². The van der Waals surface area contributed by atoms with Gasteiger partial charge < -0.3 is 10.2 Å². The lowest BCUT2D eigenvalue weighted by atomic mass is 9.95. The highest BCUT2D eigenvalue weighted by Crippen LogP contribution is 2.39. The van der Waals surface area contributed by atoms with Gasteiger partial charge in [0.15, 0.2) is 0 Å². The fraction of sp³-hybridized carbons (Fsp3) is 0.345. The van der Waals surface area contributed by atoms with Gasteiger partial charge in [0.25, 0.3) is 0 Å². The number of nitrogens with zero attached hydrogens (tertiary/aromatic N) is 2. The molecule has 2 heterocycles. The number of thioether (sulfide) groups is 1. The van der Waals surface area contributed by atoms with Crippen molar-refractivity contribution in [1.82, 2.24) is 10.2 Å². The highest BCUT2D eigenvalue weighted by Gasteiger charge is 2.25. The predicted molar refractivity (Wildman–Crippen MR) is 141 cm³/mol. The van der Waals surface area contributed by atoms with Gasteiger partial charge in [-0.2, -0.15) is 0 Å². The second-order valence-corrected chi connectivity index (χ2v) is 10.3. The van der Waals surface area contributed by atoms with Crippen molar-refractivity contribution in [3.8, 4) is 0 Å². The first-order chi connectivity index (χ1) is 17.2. The number of carbonyl (C=O) groups excluding carboxylic acids is 1. The van der Waals surface area contributed by atoms with Crippen molar-refractivity contribution in [2.75, 3.05) is 37.6 Å². The van der Waals surface area contributed by atoms with Crippen LogP contribution in [-0.2, 0) is 10.5 Å². The van der Waals surface area contributed by atoms with Crippen LogP contribution in [0.1, 0.15) is 42.0 Å². The molecule has 3 aromatic rings. The number of unbranched alkanes of at least 4 members (excludes halogenated alkanes) is 1. The zero-order valence-electron chi connectivity index (χ0n) is 20.0. The average molecular weight is 490 g/mol. The van der Waals surface area contributed by atoms with Crippen LogP contribution in [-0.4, -0.2) is 43.5 Å². The van der Waals surface area contributed by atoms with Gasteiger partial charge in [-0.15, -0.1) is 11.8 Å². The lowest BCUT2D eigenvalue weighted by Gasteiger charge is -2.36. The molecule has 182 valence electrons. The van der Waals surface area contributed by atoms with E-state index in [1.54, 1.807) is 0 Å². The number of amides is 1. The van der Waals surface area contributed by atoms with E-state index in [0.717, 1.165) is 57.0 Å². The van der Waals surface area contributed by atoms with E-state index in [-0.39, 0.29) is 17.8 Å². The van der Waals surface area contributed by atoms with E-state index in [2.05, 4.69) is 63.6 Å². The fourth-order valence-electron chi connectivity index (χ4n) is 5.01. The third-order valence-electron chi connectivity index (χ3n) is 6.98. The largest absolute Gasteiger partial charge is 0.369 e. The topological polar surface area (TPSA) is 35.6 Å². The number of piperazine rings is 1. The molecule has 6 heteroatoms. The molecule has 5 rings (SSSR count). The van der Waals surface area contributed by atoms with E-state index in [4.69, 9.17) is 0 Å². The first-order valence-corrected chi connectivity index (χ1v) is 13.5. The number of carbonyl (C=O) groups is 1. The second-order valence-electron chi connectivity index (χ2n) is 9.29. The average Bonchev–Trinajstić information content (AvgIpc) is 3.05. The summed E-state index contributed by atoms with van der Waals surface area (Å²) in [5.74, 6) is 0.851. The van der Waals surface area contributed by atoms with Crippen LogP contribution in [0.2, 0.25) is 0 Å². The number of hydrogen-bond acceptors (Lipinski definition) is 4. The summed E-state index contributed by atoms with van der Waals surface area (Å²) in [5, 5.41) is 3.34. The van der Waals surface area contributed by atoms with E-state index >= 15 is 0 Å². The van der Waals surface area contributed by atoms with Crippen molar-refractivity contribution >= 4 is 23.4 Å². The molecule has 2 aliphatic heterocycles. The first kappa shape index (κ1) is 23.9. The Morgan fingerprint density at radius 1 is 0.886 bits per heavy atom. The van der Waals surface area contributed by atoms with Gasteiger partial charge in [-0.1, -0.05) is 42.5 Å². The molecule has 1 atom stereocenters. The van der Waals surface area contributed by atoms with Crippen molar-refractivity contribution in [2.45, 2.75) is 36.0 Å². The number of anilines is 1. The molecule has 0 saturated carbocycles. The number of rotatable bonds is 7. The lowest BCUT2D eigenvalue weighted by molar-refractivity contribution is -0.121. The standard InChI is InChI=1S/C29H32FN3OS/c30-23-12-14-24(15-13-23)33-19-17-32(18-20-33)16-6-5-11-28(34)31-29-25-8-2-1-7-22(25)21-35-27-10-4-3-9-26(27)29/h1-4,7-10,12-15,29H,5-6,11,16-21H2,(H,31,34). The van der Waals surface area contributed by atoms with Crippen molar-refractivity contribution in [3.05, 3.63) is 95.3 Å². The van der Waals surface area contributed by atoms with Gasteiger partial charge in [-0.05, 0) is 66.4 Å². The molecule has 1 amide bonds. The lowest BCUT2D eigenvalue weighted by Crippen LogP contribution is -2.46. The SMILES string of the molecule is O=C(CCCCN1CCN(c2ccc(F)cc2)CC1)NC1c2ccccc2CSc2ccccc21. The van der Waals surface area contributed by atoms with Crippen molar-refractivity contribution < 1.29 is 9.18 Å². The smallest absolute Gasteiger partial charge is 0.220 e. The highest BCUT2D eigenvalue weighted by molar-refractivity contribution is 7.98. The van der Waals surface area contributed by atoms with Gasteiger partial charge in [0, 0.05) is 48.9 Å². The van der Waals surface area contributed by atoms with E-state index in [9.17, 15) is 9.18 Å². The molecule has 0 aromatic heterocycles. The molecule has 1 saturated heterocycles. The Kier molecular flexibility index (Phi) is 7.69. The molecule has 2 aliphatic rings. The van der Waals surface area contributed by atoms with Crippen LogP contribution in [0.15, 0.2) is 77.7 Å². The van der Waals surface area contributed by atoms with Crippen LogP contribution in [0, 0.1) is 5.82 Å². The molecule has 3 aromatic carbocycles. The van der Waals surface area contributed by atoms with Crippen LogP contribution in [0.25, 0.3) is 0 Å². The zero-order chi connectivity index (χ0) is 24.0. The molecule has 4 nitrogen and oxygen atoms in total. The molecule has 0 bridgehead atoms.